The highest BCUT2D eigenvalue weighted by Crippen LogP contribution is 2.27. The SMILES string of the molecule is Cc1nn(CCCNC(=O)c2cc(C(F)(F)F)[nH]n2)c(C)c1Br. The van der Waals surface area contributed by atoms with Crippen molar-refractivity contribution >= 4 is 21.8 Å². The predicted octanol–water partition coefficient (Wildman–Crippen LogP) is 2.82. The molecule has 0 aromatic carbocycles. The first kappa shape index (κ1) is 17.5. The molecule has 0 aliphatic rings. The van der Waals surface area contributed by atoms with Crippen LogP contribution in [0.4, 0.5) is 13.2 Å². The highest BCUT2D eigenvalue weighted by molar-refractivity contribution is 9.10. The van der Waals surface area contributed by atoms with E-state index in [0.29, 0.717) is 25.6 Å². The van der Waals surface area contributed by atoms with Crippen molar-refractivity contribution in [2.24, 2.45) is 0 Å². The van der Waals surface area contributed by atoms with Crippen LogP contribution in [0.2, 0.25) is 0 Å². The van der Waals surface area contributed by atoms with Crippen LogP contribution in [0.3, 0.4) is 0 Å². The number of hydrogen-bond donors (Lipinski definition) is 2. The Morgan fingerprint density at radius 3 is 2.65 bits per heavy atom. The topological polar surface area (TPSA) is 75.6 Å². The van der Waals surface area contributed by atoms with Gasteiger partial charge in [-0.1, -0.05) is 0 Å². The fourth-order valence-corrected chi connectivity index (χ4v) is 2.28. The van der Waals surface area contributed by atoms with Gasteiger partial charge in [-0.15, -0.1) is 0 Å². The zero-order chi connectivity index (χ0) is 17.2. The number of aromatic nitrogens is 4. The normalized spacial score (nSPS) is 11.7. The van der Waals surface area contributed by atoms with Crippen molar-refractivity contribution in [2.45, 2.75) is 33.0 Å². The number of hydrogen-bond acceptors (Lipinski definition) is 3. The average molecular weight is 394 g/mol. The van der Waals surface area contributed by atoms with Gasteiger partial charge in [0.1, 0.15) is 5.69 Å². The lowest BCUT2D eigenvalue weighted by Gasteiger charge is -2.05. The predicted molar refractivity (Wildman–Crippen MR) is 79.9 cm³/mol. The Kier molecular flexibility index (Phi) is 5.12. The number of halogens is 4. The third-order valence-corrected chi connectivity index (χ3v) is 4.39. The molecule has 2 heterocycles. The number of nitrogens with zero attached hydrogens (tertiary/aromatic N) is 3. The molecule has 0 radical (unpaired) electrons. The number of H-pyrrole nitrogens is 1. The molecule has 0 aliphatic heterocycles. The van der Waals surface area contributed by atoms with Gasteiger partial charge in [-0.25, -0.2) is 0 Å². The average Bonchev–Trinajstić information content (AvgIpc) is 3.05. The van der Waals surface area contributed by atoms with Crippen molar-refractivity contribution < 1.29 is 18.0 Å². The molecular formula is C13H15BrF3N5O. The molecule has 0 saturated carbocycles. The van der Waals surface area contributed by atoms with E-state index in [9.17, 15) is 18.0 Å². The second-order valence-electron chi connectivity index (χ2n) is 4.98. The first-order valence-corrected chi connectivity index (χ1v) is 7.59. The Bertz CT molecular complexity index is 707. The molecule has 23 heavy (non-hydrogen) atoms. The minimum Gasteiger partial charge on any atom is -0.351 e. The zero-order valence-corrected chi connectivity index (χ0v) is 14.0. The third kappa shape index (κ3) is 4.12. The van der Waals surface area contributed by atoms with Crippen molar-refractivity contribution in [1.82, 2.24) is 25.3 Å². The highest BCUT2D eigenvalue weighted by atomic mass is 79.9. The number of aromatic amines is 1. The van der Waals surface area contributed by atoms with E-state index in [1.54, 1.807) is 5.10 Å². The van der Waals surface area contributed by atoms with Gasteiger partial charge in [0.05, 0.1) is 10.2 Å². The summed E-state index contributed by atoms with van der Waals surface area (Å²) in [5, 5.41) is 12.0. The Labute approximate surface area is 138 Å². The van der Waals surface area contributed by atoms with Gasteiger partial charge in [0, 0.05) is 24.8 Å². The molecule has 10 heteroatoms. The molecule has 2 N–H and O–H groups in total. The van der Waals surface area contributed by atoms with Crippen molar-refractivity contribution in [1.29, 1.82) is 0 Å². The maximum Gasteiger partial charge on any atom is 0.432 e. The minimum atomic E-state index is -4.55. The van der Waals surface area contributed by atoms with Crippen LogP contribution in [0, 0.1) is 13.8 Å². The molecule has 2 aromatic heterocycles. The molecule has 6 nitrogen and oxygen atoms in total. The fourth-order valence-electron chi connectivity index (χ4n) is 2.00. The molecule has 0 spiro atoms. The molecule has 2 aromatic rings. The molecular weight excluding hydrogens is 379 g/mol. The van der Waals surface area contributed by atoms with Gasteiger partial charge in [0.2, 0.25) is 0 Å². The van der Waals surface area contributed by atoms with E-state index in [0.717, 1.165) is 15.9 Å². The summed E-state index contributed by atoms with van der Waals surface area (Å²) in [6, 6.07) is 0.688. The van der Waals surface area contributed by atoms with Crippen LogP contribution in [-0.4, -0.2) is 32.4 Å². The van der Waals surface area contributed by atoms with Gasteiger partial charge in [0.15, 0.2) is 5.69 Å². The van der Waals surface area contributed by atoms with Crippen LogP contribution < -0.4 is 5.32 Å². The van der Waals surface area contributed by atoms with Crippen LogP contribution in [0.25, 0.3) is 0 Å². The van der Waals surface area contributed by atoms with Crippen LogP contribution >= 0.6 is 15.9 Å². The minimum absolute atomic E-state index is 0.286. The van der Waals surface area contributed by atoms with E-state index in [2.05, 4.69) is 31.4 Å². The Morgan fingerprint density at radius 2 is 2.13 bits per heavy atom. The maximum absolute atomic E-state index is 12.4. The van der Waals surface area contributed by atoms with Crippen molar-refractivity contribution in [2.75, 3.05) is 6.54 Å². The largest absolute Gasteiger partial charge is 0.432 e. The molecule has 2 rings (SSSR count). The fraction of sp³-hybridized carbons (Fsp3) is 0.462. The lowest BCUT2D eigenvalue weighted by Crippen LogP contribution is -2.25. The second-order valence-corrected chi connectivity index (χ2v) is 5.78. The van der Waals surface area contributed by atoms with Gasteiger partial charge in [-0.05, 0) is 36.2 Å². The van der Waals surface area contributed by atoms with Crippen LogP contribution in [-0.2, 0) is 12.7 Å². The molecule has 1 amide bonds. The summed E-state index contributed by atoms with van der Waals surface area (Å²) >= 11 is 3.42. The molecule has 0 saturated heterocycles. The lowest BCUT2D eigenvalue weighted by molar-refractivity contribution is -0.141. The molecule has 0 aliphatic carbocycles. The monoisotopic (exact) mass is 393 g/mol. The smallest absolute Gasteiger partial charge is 0.351 e. The Hall–Kier alpha value is -1.84. The van der Waals surface area contributed by atoms with E-state index >= 15 is 0 Å². The number of nitrogens with one attached hydrogen (secondary N) is 2. The third-order valence-electron chi connectivity index (χ3n) is 3.24. The summed E-state index contributed by atoms with van der Waals surface area (Å²) in [5.74, 6) is -0.647. The molecule has 0 fully saturated rings. The van der Waals surface area contributed by atoms with Gasteiger partial charge in [0.25, 0.3) is 5.91 Å². The number of carbonyl (C=O) groups excluding carboxylic acids is 1. The van der Waals surface area contributed by atoms with Crippen molar-refractivity contribution in [3.63, 3.8) is 0 Å². The molecule has 0 unspecified atom stereocenters. The molecule has 0 bridgehead atoms. The zero-order valence-electron chi connectivity index (χ0n) is 12.5. The second kappa shape index (κ2) is 6.73. The number of aryl methyl sites for hydroxylation is 2. The maximum atomic E-state index is 12.4. The number of carbonyl (C=O) groups is 1. The summed E-state index contributed by atoms with van der Waals surface area (Å²) < 4.78 is 40.0. The van der Waals surface area contributed by atoms with Crippen molar-refractivity contribution in [3.05, 3.63) is 33.3 Å². The van der Waals surface area contributed by atoms with E-state index in [1.807, 2.05) is 18.5 Å². The summed E-state index contributed by atoms with van der Waals surface area (Å²) in [4.78, 5) is 11.7. The molecule has 0 atom stereocenters. The number of rotatable bonds is 5. The quantitative estimate of drug-likeness (QED) is 0.766. The highest BCUT2D eigenvalue weighted by Gasteiger charge is 2.33. The standard InChI is InChI=1S/C13H15BrF3N5O/c1-7-11(14)8(2)22(21-7)5-3-4-18-12(23)9-6-10(20-19-9)13(15,16)17/h6H,3-5H2,1-2H3,(H,18,23)(H,19,20). The van der Waals surface area contributed by atoms with Crippen LogP contribution in [0.15, 0.2) is 10.5 Å². The van der Waals surface area contributed by atoms with Gasteiger partial charge in [-0.2, -0.15) is 23.4 Å². The van der Waals surface area contributed by atoms with E-state index in [4.69, 9.17) is 0 Å². The lowest BCUT2D eigenvalue weighted by atomic mass is 10.3. The first-order chi connectivity index (χ1) is 10.7. The summed E-state index contributed by atoms with van der Waals surface area (Å²) in [6.07, 6.45) is -3.95. The van der Waals surface area contributed by atoms with E-state index in [1.165, 1.54) is 0 Å². The summed E-state index contributed by atoms with van der Waals surface area (Å²) in [6.45, 7) is 4.70. The van der Waals surface area contributed by atoms with E-state index in [-0.39, 0.29) is 5.69 Å². The van der Waals surface area contributed by atoms with Gasteiger partial charge in [-0.3, -0.25) is 14.6 Å². The Morgan fingerprint density at radius 1 is 1.43 bits per heavy atom. The van der Waals surface area contributed by atoms with Crippen LogP contribution in [0.1, 0.15) is 34.0 Å². The number of amides is 1. The Balaban J connectivity index is 1.83. The summed E-state index contributed by atoms with van der Waals surface area (Å²) in [7, 11) is 0. The van der Waals surface area contributed by atoms with Gasteiger partial charge < -0.3 is 5.32 Å². The van der Waals surface area contributed by atoms with Crippen molar-refractivity contribution in [3.8, 4) is 0 Å². The van der Waals surface area contributed by atoms with Crippen LogP contribution in [0.5, 0.6) is 0 Å². The summed E-state index contributed by atoms with van der Waals surface area (Å²) in [5.41, 5.74) is 0.528. The molecule has 126 valence electrons. The first-order valence-electron chi connectivity index (χ1n) is 6.80. The van der Waals surface area contributed by atoms with E-state index < -0.39 is 17.8 Å². The van der Waals surface area contributed by atoms with Gasteiger partial charge >= 0.3 is 6.18 Å². The number of alkyl halides is 3.